The molecule has 0 spiro atoms. The molecule has 92 valence electrons. The first-order valence-corrected chi connectivity index (χ1v) is 5.63. The van der Waals surface area contributed by atoms with Gasteiger partial charge in [0.15, 0.2) is 5.78 Å². The minimum Gasteiger partial charge on any atom is -0.462 e. The zero-order chi connectivity index (χ0) is 12.5. The summed E-state index contributed by atoms with van der Waals surface area (Å²) >= 11 is 0. The summed E-state index contributed by atoms with van der Waals surface area (Å²) in [6.07, 6.45) is -0.821. The molecule has 0 aliphatic heterocycles. The van der Waals surface area contributed by atoms with Gasteiger partial charge >= 0.3 is 5.97 Å². The van der Waals surface area contributed by atoms with Crippen LogP contribution in [0.25, 0.3) is 0 Å². The Balaban J connectivity index is 2.61. The van der Waals surface area contributed by atoms with E-state index >= 15 is 0 Å². The average Bonchev–Trinajstić information content (AvgIpc) is 2.12. The number of carbonyl (C=O) groups is 2. The SMILES string of the molecule is C[C@H]1CC(=O)[C@H](O)C[C@@H]1OC(=O)C(C)(C)C. The van der Waals surface area contributed by atoms with Gasteiger partial charge in [-0.15, -0.1) is 0 Å². The zero-order valence-electron chi connectivity index (χ0n) is 10.3. The third kappa shape index (κ3) is 3.04. The van der Waals surface area contributed by atoms with E-state index in [1.165, 1.54) is 0 Å². The Morgan fingerprint density at radius 3 is 2.50 bits per heavy atom. The standard InChI is InChI=1S/C12H20O4/c1-7-5-8(13)9(14)6-10(7)16-11(15)12(2,3)4/h7,9-10,14H,5-6H2,1-4H3/t7-,9+,10-/m0/s1. The van der Waals surface area contributed by atoms with Gasteiger partial charge in [-0.2, -0.15) is 0 Å². The Kier molecular flexibility index (Phi) is 3.73. The number of aliphatic hydroxyl groups is 1. The van der Waals surface area contributed by atoms with Gasteiger partial charge in [0.1, 0.15) is 12.2 Å². The lowest BCUT2D eigenvalue weighted by molar-refractivity contribution is -0.167. The lowest BCUT2D eigenvalue weighted by atomic mass is 9.85. The fraction of sp³-hybridized carbons (Fsp3) is 0.833. The van der Waals surface area contributed by atoms with Crippen LogP contribution < -0.4 is 0 Å². The molecule has 0 bridgehead atoms. The Morgan fingerprint density at radius 1 is 1.44 bits per heavy atom. The van der Waals surface area contributed by atoms with Crippen LogP contribution >= 0.6 is 0 Å². The topological polar surface area (TPSA) is 63.6 Å². The zero-order valence-corrected chi connectivity index (χ0v) is 10.3. The van der Waals surface area contributed by atoms with E-state index in [2.05, 4.69) is 0 Å². The summed E-state index contributed by atoms with van der Waals surface area (Å²) < 4.78 is 5.34. The van der Waals surface area contributed by atoms with Crippen LogP contribution in [-0.4, -0.2) is 29.1 Å². The molecule has 4 nitrogen and oxygen atoms in total. The fourth-order valence-electron chi connectivity index (χ4n) is 1.65. The van der Waals surface area contributed by atoms with Crippen molar-refractivity contribution >= 4 is 11.8 Å². The van der Waals surface area contributed by atoms with Crippen LogP contribution in [0.3, 0.4) is 0 Å². The molecule has 1 aliphatic rings. The molecule has 0 amide bonds. The normalized spacial score (nSPS) is 31.3. The van der Waals surface area contributed by atoms with Gasteiger partial charge in [0.05, 0.1) is 5.41 Å². The van der Waals surface area contributed by atoms with Crippen molar-refractivity contribution in [1.29, 1.82) is 0 Å². The summed E-state index contributed by atoms with van der Waals surface area (Å²) in [5.41, 5.74) is -0.549. The Bertz CT molecular complexity index is 290. The molecule has 1 aliphatic carbocycles. The lowest BCUT2D eigenvalue weighted by Gasteiger charge is -2.32. The van der Waals surface area contributed by atoms with Gasteiger partial charge in [0.25, 0.3) is 0 Å². The molecule has 16 heavy (non-hydrogen) atoms. The molecular weight excluding hydrogens is 208 g/mol. The predicted molar refractivity (Wildman–Crippen MR) is 58.7 cm³/mol. The minimum atomic E-state index is -0.978. The number of esters is 1. The van der Waals surface area contributed by atoms with Crippen molar-refractivity contribution in [3.8, 4) is 0 Å². The first-order chi connectivity index (χ1) is 7.21. The maximum absolute atomic E-state index is 11.7. The second-order valence-electron chi connectivity index (χ2n) is 5.59. The van der Waals surface area contributed by atoms with Crippen molar-refractivity contribution in [2.24, 2.45) is 11.3 Å². The summed E-state index contributed by atoms with van der Waals surface area (Å²) in [6, 6.07) is 0. The second kappa shape index (κ2) is 4.53. The molecule has 0 heterocycles. The Hall–Kier alpha value is -0.900. The van der Waals surface area contributed by atoms with Crippen LogP contribution in [0.1, 0.15) is 40.5 Å². The Morgan fingerprint density at radius 2 is 2.00 bits per heavy atom. The highest BCUT2D eigenvalue weighted by Crippen LogP contribution is 2.27. The fourth-order valence-corrected chi connectivity index (χ4v) is 1.65. The molecule has 1 N–H and O–H groups in total. The Labute approximate surface area is 96.0 Å². The number of carbonyl (C=O) groups excluding carboxylic acids is 2. The van der Waals surface area contributed by atoms with Gasteiger partial charge in [-0.25, -0.2) is 0 Å². The molecule has 0 aromatic carbocycles. The number of ketones is 1. The van der Waals surface area contributed by atoms with E-state index in [4.69, 9.17) is 4.74 Å². The van der Waals surface area contributed by atoms with Gasteiger partial charge < -0.3 is 9.84 Å². The third-order valence-corrected chi connectivity index (χ3v) is 2.86. The first-order valence-electron chi connectivity index (χ1n) is 5.63. The monoisotopic (exact) mass is 228 g/mol. The van der Waals surface area contributed by atoms with Crippen molar-refractivity contribution in [2.75, 3.05) is 0 Å². The molecule has 1 saturated carbocycles. The van der Waals surface area contributed by atoms with Crippen LogP contribution in [0.5, 0.6) is 0 Å². The van der Waals surface area contributed by atoms with E-state index in [0.717, 1.165) is 0 Å². The maximum Gasteiger partial charge on any atom is 0.311 e. The molecule has 0 unspecified atom stereocenters. The van der Waals surface area contributed by atoms with Crippen LogP contribution in [-0.2, 0) is 14.3 Å². The highest BCUT2D eigenvalue weighted by atomic mass is 16.5. The number of aliphatic hydroxyl groups excluding tert-OH is 1. The minimum absolute atomic E-state index is 0.0119. The molecule has 1 fully saturated rings. The highest BCUT2D eigenvalue weighted by Gasteiger charge is 2.36. The smallest absolute Gasteiger partial charge is 0.311 e. The van der Waals surface area contributed by atoms with E-state index in [9.17, 15) is 14.7 Å². The van der Waals surface area contributed by atoms with Gasteiger partial charge in [-0.1, -0.05) is 6.92 Å². The van der Waals surface area contributed by atoms with E-state index in [1.54, 1.807) is 20.8 Å². The summed E-state index contributed by atoms with van der Waals surface area (Å²) in [6.45, 7) is 7.21. The van der Waals surface area contributed by atoms with Crippen LogP contribution in [0.4, 0.5) is 0 Å². The molecule has 3 atom stereocenters. The van der Waals surface area contributed by atoms with E-state index in [1.807, 2.05) is 6.92 Å². The van der Waals surface area contributed by atoms with E-state index in [-0.39, 0.29) is 36.6 Å². The average molecular weight is 228 g/mol. The first kappa shape index (κ1) is 13.2. The van der Waals surface area contributed by atoms with Gasteiger partial charge in [-0.3, -0.25) is 9.59 Å². The van der Waals surface area contributed by atoms with Gasteiger partial charge in [0.2, 0.25) is 0 Å². The molecular formula is C12H20O4. The van der Waals surface area contributed by atoms with Crippen LogP contribution in [0.2, 0.25) is 0 Å². The van der Waals surface area contributed by atoms with Crippen molar-refractivity contribution < 1.29 is 19.4 Å². The summed E-state index contributed by atoms with van der Waals surface area (Å²) in [5.74, 6) is -0.455. The van der Waals surface area contributed by atoms with E-state index in [0.29, 0.717) is 0 Å². The largest absolute Gasteiger partial charge is 0.462 e. The highest BCUT2D eigenvalue weighted by molar-refractivity contribution is 5.84. The number of rotatable bonds is 1. The molecule has 4 heteroatoms. The molecule has 0 aromatic rings. The van der Waals surface area contributed by atoms with Crippen molar-refractivity contribution in [3.05, 3.63) is 0 Å². The quantitative estimate of drug-likeness (QED) is 0.687. The maximum atomic E-state index is 11.7. The summed E-state index contributed by atoms with van der Waals surface area (Å²) in [7, 11) is 0. The summed E-state index contributed by atoms with van der Waals surface area (Å²) in [5, 5.41) is 9.44. The molecule has 0 aromatic heterocycles. The van der Waals surface area contributed by atoms with Crippen molar-refractivity contribution in [1.82, 2.24) is 0 Å². The van der Waals surface area contributed by atoms with Crippen molar-refractivity contribution in [3.63, 3.8) is 0 Å². The number of ether oxygens (including phenoxy) is 1. The van der Waals surface area contributed by atoms with E-state index < -0.39 is 11.5 Å². The number of Topliss-reactive ketones (excluding diaryl/α,β-unsaturated/α-hetero) is 1. The second-order valence-corrected chi connectivity index (χ2v) is 5.59. The third-order valence-electron chi connectivity index (χ3n) is 2.86. The van der Waals surface area contributed by atoms with Crippen LogP contribution in [0, 0.1) is 11.3 Å². The predicted octanol–water partition coefficient (Wildman–Crippen LogP) is 1.30. The van der Waals surface area contributed by atoms with Gasteiger partial charge in [0, 0.05) is 18.8 Å². The number of hydrogen-bond acceptors (Lipinski definition) is 4. The van der Waals surface area contributed by atoms with Crippen LogP contribution in [0.15, 0.2) is 0 Å². The molecule has 0 saturated heterocycles. The summed E-state index contributed by atoms with van der Waals surface area (Å²) in [4.78, 5) is 22.9. The van der Waals surface area contributed by atoms with Crippen molar-refractivity contribution in [2.45, 2.75) is 52.7 Å². The lowest BCUT2D eigenvalue weighted by Crippen LogP contribution is -2.41. The molecule has 1 rings (SSSR count). The molecule has 0 radical (unpaired) electrons. The number of hydrogen-bond donors (Lipinski definition) is 1. The van der Waals surface area contributed by atoms with Gasteiger partial charge in [-0.05, 0) is 20.8 Å².